The van der Waals surface area contributed by atoms with Gasteiger partial charge in [-0.3, -0.25) is 4.90 Å². The second kappa shape index (κ2) is 7.62. The number of rotatable bonds is 7. The second-order valence-corrected chi connectivity index (χ2v) is 5.55. The second-order valence-electron chi connectivity index (χ2n) is 5.55. The quantitative estimate of drug-likeness (QED) is 0.802. The van der Waals surface area contributed by atoms with Crippen LogP contribution in [0.15, 0.2) is 24.3 Å². The van der Waals surface area contributed by atoms with Crippen LogP contribution in [0.4, 0.5) is 0 Å². The Morgan fingerprint density at radius 1 is 1.40 bits per heavy atom. The molecule has 0 spiro atoms. The first-order valence-corrected chi connectivity index (χ1v) is 7.46. The SMILES string of the molecule is COCCN(CC1CCCN1)C(C)c1ccc(O)cc1. The lowest BCUT2D eigenvalue weighted by Gasteiger charge is -2.31. The van der Waals surface area contributed by atoms with Crippen LogP contribution < -0.4 is 5.32 Å². The van der Waals surface area contributed by atoms with Crippen molar-refractivity contribution in [3.8, 4) is 5.75 Å². The molecule has 1 aliphatic heterocycles. The molecule has 2 N–H and O–H groups in total. The van der Waals surface area contributed by atoms with Crippen LogP contribution in [-0.2, 0) is 4.74 Å². The summed E-state index contributed by atoms with van der Waals surface area (Å²) in [5, 5.41) is 13.0. The van der Waals surface area contributed by atoms with Crippen molar-refractivity contribution >= 4 is 0 Å². The number of benzene rings is 1. The lowest BCUT2D eigenvalue weighted by atomic mass is 10.1. The third-order valence-electron chi connectivity index (χ3n) is 4.12. The van der Waals surface area contributed by atoms with Crippen molar-refractivity contribution in [3.63, 3.8) is 0 Å². The van der Waals surface area contributed by atoms with Gasteiger partial charge in [-0.2, -0.15) is 0 Å². The Labute approximate surface area is 121 Å². The van der Waals surface area contributed by atoms with E-state index < -0.39 is 0 Å². The molecular weight excluding hydrogens is 252 g/mol. The van der Waals surface area contributed by atoms with Gasteiger partial charge < -0.3 is 15.2 Å². The first kappa shape index (κ1) is 15.3. The first-order chi connectivity index (χ1) is 9.70. The maximum atomic E-state index is 9.40. The standard InChI is InChI=1S/C16H26N2O2/c1-13(14-5-7-16(19)8-6-14)18(10-11-20-2)12-15-4-3-9-17-15/h5-8,13,15,17,19H,3-4,9-12H2,1-2H3. The molecule has 20 heavy (non-hydrogen) atoms. The van der Waals surface area contributed by atoms with Gasteiger partial charge in [0, 0.05) is 32.3 Å². The van der Waals surface area contributed by atoms with Crippen LogP contribution in [0.1, 0.15) is 31.4 Å². The molecule has 2 unspecified atom stereocenters. The minimum absolute atomic E-state index is 0.321. The molecule has 112 valence electrons. The van der Waals surface area contributed by atoms with Gasteiger partial charge in [0.05, 0.1) is 6.61 Å². The van der Waals surface area contributed by atoms with Crippen LogP contribution in [0.3, 0.4) is 0 Å². The zero-order valence-corrected chi connectivity index (χ0v) is 12.5. The van der Waals surface area contributed by atoms with E-state index in [0.717, 1.165) is 26.2 Å². The lowest BCUT2D eigenvalue weighted by molar-refractivity contribution is 0.118. The molecule has 1 aromatic rings. The molecule has 0 amide bonds. The van der Waals surface area contributed by atoms with Crippen molar-refractivity contribution < 1.29 is 9.84 Å². The molecular formula is C16H26N2O2. The zero-order chi connectivity index (χ0) is 14.4. The van der Waals surface area contributed by atoms with E-state index in [1.165, 1.54) is 18.4 Å². The Kier molecular flexibility index (Phi) is 5.83. The molecule has 0 radical (unpaired) electrons. The Balaban J connectivity index is 2.01. The molecule has 1 heterocycles. The Hall–Kier alpha value is -1.10. The van der Waals surface area contributed by atoms with Crippen molar-refractivity contribution in [2.45, 2.75) is 31.8 Å². The summed E-state index contributed by atoms with van der Waals surface area (Å²) in [6, 6.07) is 8.44. The summed E-state index contributed by atoms with van der Waals surface area (Å²) in [5.41, 5.74) is 1.23. The van der Waals surface area contributed by atoms with Crippen molar-refractivity contribution in [2.24, 2.45) is 0 Å². The third-order valence-corrected chi connectivity index (χ3v) is 4.12. The van der Waals surface area contributed by atoms with Crippen LogP contribution in [-0.4, -0.2) is 49.4 Å². The number of aromatic hydroxyl groups is 1. The van der Waals surface area contributed by atoms with E-state index in [2.05, 4.69) is 17.1 Å². The number of methoxy groups -OCH3 is 1. The third kappa shape index (κ3) is 4.20. The molecule has 0 bridgehead atoms. The Morgan fingerprint density at radius 2 is 2.15 bits per heavy atom. The fraction of sp³-hybridized carbons (Fsp3) is 0.625. The zero-order valence-electron chi connectivity index (χ0n) is 12.5. The van der Waals surface area contributed by atoms with Crippen molar-refractivity contribution in [1.82, 2.24) is 10.2 Å². The van der Waals surface area contributed by atoms with Gasteiger partial charge in [0.15, 0.2) is 0 Å². The summed E-state index contributed by atoms with van der Waals surface area (Å²) in [7, 11) is 1.75. The monoisotopic (exact) mass is 278 g/mol. The number of phenolic OH excluding ortho intramolecular Hbond substituents is 1. The first-order valence-electron chi connectivity index (χ1n) is 7.46. The van der Waals surface area contributed by atoms with Crippen LogP contribution in [0.25, 0.3) is 0 Å². The molecule has 1 fully saturated rings. The average Bonchev–Trinajstić information content (AvgIpc) is 2.96. The summed E-state index contributed by atoms with van der Waals surface area (Å²) in [6.07, 6.45) is 2.53. The van der Waals surface area contributed by atoms with E-state index in [4.69, 9.17) is 4.74 Å². The Morgan fingerprint density at radius 3 is 2.75 bits per heavy atom. The maximum Gasteiger partial charge on any atom is 0.115 e. The molecule has 1 aliphatic rings. The van der Waals surface area contributed by atoms with Gasteiger partial charge in [-0.25, -0.2) is 0 Å². The molecule has 2 atom stereocenters. The summed E-state index contributed by atoms with van der Waals surface area (Å²) < 4.78 is 5.24. The number of nitrogens with one attached hydrogen (secondary N) is 1. The van der Waals surface area contributed by atoms with E-state index in [-0.39, 0.29) is 0 Å². The summed E-state index contributed by atoms with van der Waals surface area (Å²) >= 11 is 0. The number of phenols is 1. The van der Waals surface area contributed by atoms with Gasteiger partial charge in [-0.1, -0.05) is 12.1 Å². The van der Waals surface area contributed by atoms with Gasteiger partial charge in [-0.05, 0) is 44.0 Å². The van der Waals surface area contributed by atoms with Gasteiger partial charge in [0.25, 0.3) is 0 Å². The normalized spacial score (nSPS) is 20.4. The molecule has 0 aliphatic carbocycles. The van der Waals surface area contributed by atoms with Crippen LogP contribution in [0.5, 0.6) is 5.75 Å². The van der Waals surface area contributed by atoms with Crippen LogP contribution in [0, 0.1) is 0 Å². The van der Waals surface area contributed by atoms with Crippen LogP contribution >= 0.6 is 0 Å². The van der Waals surface area contributed by atoms with E-state index in [1.807, 2.05) is 12.1 Å². The van der Waals surface area contributed by atoms with E-state index in [1.54, 1.807) is 19.2 Å². The highest BCUT2D eigenvalue weighted by Gasteiger charge is 2.22. The lowest BCUT2D eigenvalue weighted by Crippen LogP contribution is -2.40. The highest BCUT2D eigenvalue weighted by Crippen LogP contribution is 2.23. The van der Waals surface area contributed by atoms with Crippen molar-refractivity contribution in [3.05, 3.63) is 29.8 Å². The predicted molar refractivity (Wildman–Crippen MR) is 81.0 cm³/mol. The average molecular weight is 278 g/mol. The topological polar surface area (TPSA) is 44.7 Å². The molecule has 0 saturated carbocycles. The Bertz CT molecular complexity index is 388. The van der Waals surface area contributed by atoms with Crippen LogP contribution in [0.2, 0.25) is 0 Å². The smallest absolute Gasteiger partial charge is 0.115 e. The van der Waals surface area contributed by atoms with E-state index in [9.17, 15) is 5.11 Å². The highest BCUT2D eigenvalue weighted by molar-refractivity contribution is 5.27. The fourth-order valence-electron chi connectivity index (χ4n) is 2.81. The molecule has 1 aromatic carbocycles. The van der Waals surface area contributed by atoms with Gasteiger partial charge in [0.2, 0.25) is 0 Å². The van der Waals surface area contributed by atoms with E-state index in [0.29, 0.717) is 17.8 Å². The van der Waals surface area contributed by atoms with E-state index >= 15 is 0 Å². The molecule has 4 nitrogen and oxygen atoms in total. The minimum atomic E-state index is 0.321. The number of hydrogen-bond donors (Lipinski definition) is 2. The molecule has 4 heteroatoms. The number of hydrogen-bond acceptors (Lipinski definition) is 4. The molecule has 0 aromatic heterocycles. The highest BCUT2D eigenvalue weighted by atomic mass is 16.5. The number of nitrogens with zero attached hydrogens (tertiary/aromatic N) is 1. The largest absolute Gasteiger partial charge is 0.508 e. The van der Waals surface area contributed by atoms with Gasteiger partial charge >= 0.3 is 0 Å². The fourth-order valence-corrected chi connectivity index (χ4v) is 2.81. The minimum Gasteiger partial charge on any atom is -0.508 e. The number of ether oxygens (including phenoxy) is 1. The maximum absolute atomic E-state index is 9.40. The molecule has 1 saturated heterocycles. The molecule has 2 rings (SSSR count). The summed E-state index contributed by atoms with van der Waals surface area (Å²) in [5.74, 6) is 0.321. The predicted octanol–water partition coefficient (Wildman–Crippen LogP) is 2.15. The summed E-state index contributed by atoms with van der Waals surface area (Å²) in [4.78, 5) is 2.46. The van der Waals surface area contributed by atoms with Crippen molar-refractivity contribution in [2.75, 3.05) is 33.4 Å². The van der Waals surface area contributed by atoms with Gasteiger partial charge in [0.1, 0.15) is 5.75 Å². The summed E-state index contributed by atoms with van der Waals surface area (Å²) in [6.45, 7) is 6.07. The van der Waals surface area contributed by atoms with Crippen molar-refractivity contribution in [1.29, 1.82) is 0 Å². The van der Waals surface area contributed by atoms with Gasteiger partial charge in [-0.15, -0.1) is 0 Å².